The zero-order valence-electron chi connectivity index (χ0n) is 11.3. The van der Waals surface area contributed by atoms with Gasteiger partial charge < -0.3 is 19.8 Å². The highest BCUT2D eigenvalue weighted by molar-refractivity contribution is 7.07. The average Bonchev–Trinajstić information content (AvgIpc) is 2.89. The van der Waals surface area contributed by atoms with Crippen LogP contribution >= 0.6 is 11.3 Å². The molecule has 0 fully saturated rings. The van der Waals surface area contributed by atoms with Crippen LogP contribution in [-0.2, 0) is 6.54 Å². The zero-order chi connectivity index (χ0) is 15.4. The molecule has 0 amide bonds. The van der Waals surface area contributed by atoms with Crippen molar-refractivity contribution in [1.82, 2.24) is 4.98 Å². The lowest BCUT2D eigenvalue weighted by Crippen LogP contribution is -2.05. The van der Waals surface area contributed by atoms with Gasteiger partial charge in [0.15, 0.2) is 11.5 Å². The molecule has 2 rings (SSSR count). The first-order valence-corrected chi connectivity index (χ1v) is 6.74. The highest BCUT2D eigenvalue weighted by atomic mass is 32.1. The number of thiazole rings is 1. The van der Waals surface area contributed by atoms with Gasteiger partial charge >= 0.3 is 4.87 Å². The number of rotatable bonds is 6. The standard InChI is InChI=1S/C12H13N3O5S/c1-19-10-3-8(9(15(17)18)4-11(10)20-2)13-5-7-6-21-12(16)14-7/h3-4,6,13H,5H2,1-2H3,(H,14,16). The van der Waals surface area contributed by atoms with E-state index in [0.29, 0.717) is 11.4 Å². The Bertz CT molecular complexity index is 709. The molecule has 112 valence electrons. The van der Waals surface area contributed by atoms with Gasteiger partial charge in [0.2, 0.25) is 0 Å². The van der Waals surface area contributed by atoms with E-state index in [2.05, 4.69) is 10.3 Å². The fourth-order valence-corrected chi connectivity index (χ4v) is 2.33. The van der Waals surface area contributed by atoms with Crippen LogP contribution in [0.25, 0.3) is 0 Å². The van der Waals surface area contributed by atoms with E-state index >= 15 is 0 Å². The first kappa shape index (κ1) is 14.9. The molecule has 0 radical (unpaired) electrons. The third-order valence-corrected chi connectivity index (χ3v) is 3.46. The number of aromatic amines is 1. The van der Waals surface area contributed by atoms with E-state index in [9.17, 15) is 14.9 Å². The second kappa shape index (κ2) is 6.27. The van der Waals surface area contributed by atoms with Crippen molar-refractivity contribution in [1.29, 1.82) is 0 Å². The van der Waals surface area contributed by atoms with Gasteiger partial charge in [-0.25, -0.2) is 0 Å². The number of nitro groups is 1. The first-order chi connectivity index (χ1) is 10.0. The Morgan fingerprint density at radius 1 is 1.33 bits per heavy atom. The maximum Gasteiger partial charge on any atom is 0.304 e. The summed E-state index contributed by atoms with van der Waals surface area (Å²) in [5, 5.41) is 15.7. The number of anilines is 1. The lowest BCUT2D eigenvalue weighted by Gasteiger charge is -2.11. The van der Waals surface area contributed by atoms with Crippen molar-refractivity contribution < 1.29 is 14.4 Å². The Kier molecular flexibility index (Phi) is 4.43. The SMILES string of the molecule is COc1cc(NCc2csc(=O)[nH]2)c([N+](=O)[O-])cc1OC. The van der Waals surface area contributed by atoms with E-state index in [1.165, 1.54) is 26.4 Å². The van der Waals surface area contributed by atoms with E-state index in [0.717, 1.165) is 11.3 Å². The van der Waals surface area contributed by atoms with Gasteiger partial charge in [0, 0.05) is 17.1 Å². The van der Waals surface area contributed by atoms with Crippen molar-refractivity contribution in [3.63, 3.8) is 0 Å². The summed E-state index contributed by atoms with van der Waals surface area (Å²) < 4.78 is 10.2. The molecule has 0 bridgehead atoms. The molecule has 8 nitrogen and oxygen atoms in total. The maximum atomic E-state index is 11.1. The van der Waals surface area contributed by atoms with Gasteiger partial charge in [-0.3, -0.25) is 14.9 Å². The van der Waals surface area contributed by atoms with E-state index in [4.69, 9.17) is 9.47 Å². The molecule has 2 aromatic rings. The topological polar surface area (TPSA) is 106 Å². The fourth-order valence-electron chi connectivity index (χ4n) is 1.75. The number of nitrogens with one attached hydrogen (secondary N) is 2. The monoisotopic (exact) mass is 311 g/mol. The van der Waals surface area contributed by atoms with Gasteiger partial charge in [-0.15, -0.1) is 0 Å². The van der Waals surface area contributed by atoms with Crippen LogP contribution in [0.2, 0.25) is 0 Å². The molecule has 2 N–H and O–H groups in total. The molecule has 0 atom stereocenters. The van der Waals surface area contributed by atoms with Crippen LogP contribution in [0.15, 0.2) is 22.3 Å². The van der Waals surface area contributed by atoms with Crippen LogP contribution in [0.4, 0.5) is 11.4 Å². The normalized spacial score (nSPS) is 10.2. The predicted octanol–water partition coefficient (Wildman–Crippen LogP) is 1.97. The summed E-state index contributed by atoms with van der Waals surface area (Å²) in [6, 6.07) is 2.78. The van der Waals surface area contributed by atoms with Crippen LogP contribution in [0.5, 0.6) is 11.5 Å². The third-order valence-electron chi connectivity index (χ3n) is 2.74. The second-order valence-electron chi connectivity index (χ2n) is 4.01. The van der Waals surface area contributed by atoms with Crippen molar-refractivity contribution >= 4 is 22.7 Å². The van der Waals surface area contributed by atoms with Crippen molar-refractivity contribution in [3.8, 4) is 11.5 Å². The Hall–Kier alpha value is -2.55. The summed E-state index contributed by atoms with van der Waals surface area (Å²) in [5.74, 6) is 0.656. The highest BCUT2D eigenvalue weighted by Crippen LogP contribution is 2.37. The minimum atomic E-state index is -0.513. The summed E-state index contributed by atoms with van der Waals surface area (Å²) in [6.45, 7) is 0.259. The van der Waals surface area contributed by atoms with Crippen LogP contribution in [0, 0.1) is 10.1 Å². The number of benzene rings is 1. The molecule has 1 aromatic carbocycles. The number of H-pyrrole nitrogens is 1. The van der Waals surface area contributed by atoms with Crippen molar-refractivity contribution in [2.45, 2.75) is 6.54 Å². The zero-order valence-corrected chi connectivity index (χ0v) is 12.2. The fraction of sp³-hybridized carbons (Fsp3) is 0.250. The lowest BCUT2D eigenvalue weighted by atomic mass is 10.2. The molecular formula is C12H13N3O5S. The molecule has 21 heavy (non-hydrogen) atoms. The maximum absolute atomic E-state index is 11.1. The second-order valence-corrected chi connectivity index (χ2v) is 4.85. The molecule has 0 saturated heterocycles. The number of ether oxygens (including phenoxy) is 2. The van der Waals surface area contributed by atoms with Gasteiger partial charge in [-0.1, -0.05) is 11.3 Å². The van der Waals surface area contributed by atoms with Gasteiger partial charge in [-0.2, -0.15) is 0 Å². The van der Waals surface area contributed by atoms with Crippen molar-refractivity contribution in [3.05, 3.63) is 43.0 Å². The lowest BCUT2D eigenvalue weighted by molar-refractivity contribution is -0.384. The number of methoxy groups -OCH3 is 2. The van der Waals surface area contributed by atoms with Crippen molar-refractivity contribution in [2.24, 2.45) is 0 Å². The molecule has 0 aliphatic heterocycles. The Balaban J connectivity index is 2.31. The van der Waals surface area contributed by atoms with Gasteiger partial charge in [0.25, 0.3) is 5.69 Å². The first-order valence-electron chi connectivity index (χ1n) is 5.86. The number of nitro benzene ring substituents is 1. The van der Waals surface area contributed by atoms with Crippen LogP contribution in [-0.4, -0.2) is 24.1 Å². The quantitative estimate of drug-likeness (QED) is 0.624. The summed E-state index contributed by atoms with van der Waals surface area (Å²) in [4.78, 5) is 24.1. The molecular weight excluding hydrogens is 298 g/mol. The highest BCUT2D eigenvalue weighted by Gasteiger charge is 2.19. The minimum absolute atomic E-state index is 0.134. The minimum Gasteiger partial charge on any atom is -0.493 e. The van der Waals surface area contributed by atoms with Gasteiger partial charge in [0.05, 0.1) is 31.8 Å². The van der Waals surface area contributed by atoms with Crippen molar-refractivity contribution in [2.75, 3.05) is 19.5 Å². The van der Waals surface area contributed by atoms with E-state index in [1.54, 1.807) is 5.38 Å². The van der Waals surface area contributed by atoms with E-state index in [-0.39, 0.29) is 28.5 Å². The summed E-state index contributed by atoms with van der Waals surface area (Å²) >= 11 is 1.03. The van der Waals surface area contributed by atoms with Gasteiger partial charge in [0.1, 0.15) is 5.69 Å². The van der Waals surface area contributed by atoms with Crippen LogP contribution in [0.1, 0.15) is 5.69 Å². The summed E-state index contributed by atoms with van der Waals surface area (Å²) in [5.41, 5.74) is 0.795. The molecule has 0 unspecified atom stereocenters. The number of nitrogens with zero attached hydrogens (tertiary/aromatic N) is 1. The van der Waals surface area contributed by atoms with E-state index < -0.39 is 4.92 Å². The number of aromatic nitrogens is 1. The summed E-state index contributed by atoms with van der Waals surface area (Å²) in [7, 11) is 2.86. The van der Waals surface area contributed by atoms with Crippen LogP contribution < -0.4 is 19.7 Å². The largest absolute Gasteiger partial charge is 0.493 e. The average molecular weight is 311 g/mol. The Morgan fingerprint density at radius 2 is 2.00 bits per heavy atom. The molecule has 0 spiro atoms. The Morgan fingerprint density at radius 3 is 2.52 bits per heavy atom. The van der Waals surface area contributed by atoms with E-state index in [1.807, 2.05) is 0 Å². The number of hydrogen-bond donors (Lipinski definition) is 2. The molecule has 0 aliphatic rings. The number of hydrogen-bond acceptors (Lipinski definition) is 7. The third kappa shape index (κ3) is 3.31. The molecule has 0 aliphatic carbocycles. The molecule has 9 heteroatoms. The molecule has 1 aromatic heterocycles. The smallest absolute Gasteiger partial charge is 0.304 e. The van der Waals surface area contributed by atoms with Crippen LogP contribution in [0.3, 0.4) is 0 Å². The Labute approximate surface area is 123 Å². The summed E-state index contributed by atoms with van der Waals surface area (Å²) in [6.07, 6.45) is 0. The van der Waals surface area contributed by atoms with Gasteiger partial charge in [-0.05, 0) is 0 Å². The molecule has 0 saturated carbocycles. The predicted molar refractivity (Wildman–Crippen MR) is 78.5 cm³/mol. The molecule has 1 heterocycles.